The Morgan fingerprint density at radius 2 is 1.20 bits per heavy atom. The van der Waals surface area contributed by atoms with Gasteiger partial charge >= 0.3 is 0 Å². The molecule has 1 rings (SSSR count). The van der Waals surface area contributed by atoms with Crippen molar-refractivity contribution in [2.75, 3.05) is 0 Å². The largest absolute Gasteiger partial charge is 0.449 e. The zero-order chi connectivity index (χ0) is 31.3. The number of aromatic nitrogens is 1. The molecule has 0 spiro atoms. The van der Waals surface area contributed by atoms with Crippen LogP contribution in [0.15, 0.2) is 63.6 Å². The van der Waals surface area contributed by atoms with Crippen molar-refractivity contribution < 1.29 is 4.42 Å². The monoisotopic (exact) mass is 566 g/mol. The summed E-state index contributed by atoms with van der Waals surface area (Å²) in [5, 5.41) is 0. The predicted molar refractivity (Wildman–Crippen MR) is 182 cm³/mol. The van der Waals surface area contributed by atoms with Crippen LogP contribution in [0.1, 0.15) is 160 Å². The molecule has 0 amide bonds. The third-order valence-electron chi connectivity index (χ3n) is 10.5. The van der Waals surface area contributed by atoms with Gasteiger partial charge in [0.05, 0.1) is 6.20 Å². The fraction of sp³-hybridized carbons (Fsp3) is 0.718. The lowest BCUT2D eigenvalue weighted by Gasteiger charge is -2.44. The Morgan fingerprint density at radius 1 is 0.683 bits per heavy atom. The number of hydrogen-bond donors (Lipinski definition) is 0. The minimum atomic E-state index is 0.234. The van der Waals surface area contributed by atoms with Crippen LogP contribution in [-0.2, 0) is 6.42 Å². The molecule has 0 saturated heterocycles. The molecule has 3 atom stereocenters. The second-order valence-corrected chi connectivity index (χ2v) is 15.2. The molecule has 1 aromatic rings. The van der Waals surface area contributed by atoms with Crippen LogP contribution in [0.4, 0.5) is 0 Å². The average molecular weight is 566 g/mol. The number of nitrogens with zero attached hydrogens (tertiary/aromatic N) is 1. The summed E-state index contributed by atoms with van der Waals surface area (Å²) in [5.41, 5.74) is 7.17. The van der Waals surface area contributed by atoms with E-state index < -0.39 is 0 Å². The van der Waals surface area contributed by atoms with Crippen molar-refractivity contribution in [1.29, 1.82) is 0 Å². The van der Waals surface area contributed by atoms with E-state index in [-0.39, 0.29) is 10.8 Å². The van der Waals surface area contributed by atoms with Gasteiger partial charge in [-0.1, -0.05) is 115 Å². The Kier molecular flexibility index (Phi) is 15.2. The highest BCUT2D eigenvalue weighted by Crippen LogP contribution is 2.49. The highest BCUT2D eigenvalue weighted by atomic mass is 16.3. The summed E-state index contributed by atoms with van der Waals surface area (Å²) in [6.07, 6.45) is 25.8. The number of allylic oxidation sites excluding steroid dienone is 8. The fourth-order valence-electron chi connectivity index (χ4n) is 6.08. The van der Waals surface area contributed by atoms with Crippen LogP contribution in [0.5, 0.6) is 0 Å². The maximum Gasteiger partial charge on any atom is 0.180 e. The van der Waals surface area contributed by atoms with E-state index in [9.17, 15) is 0 Å². The van der Waals surface area contributed by atoms with E-state index in [1.807, 2.05) is 6.20 Å². The summed E-state index contributed by atoms with van der Waals surface area (Å²) in [6.45, 7) is 31.0. The summed E-state index contributed by atoms with van der Waals surface area (Å²) in [6, 6.07) is 0. The van der Waals surface area contributed by atoms with E-state index in [0.717, 1.165) is 37.9 Å². The molecule has 3 unspecified atom stereocenters. The van der Waals surface area contributed by atoms with Crippen molar-refractivity contribution in [3.63, 3.8) is 0 Å². The molecule has 0 N–H and O–H groups in total. The SMILES string of the molecule is CCC(C)(CC=C(C)CC(C)(CC)C(C)(C)CC=C(C)CC(C)(CC)CC=C(C)C)CC(C)=CCCc1cnco1. The lowest BCUT2D eigenvalue weighted by molar-refractivity contribution is 0.0849. The van der Waals surface area contributed by atoms with Crippen molar-refractivity contribution in [3.05, 3.63) is 64.9 Å². The summed E-state index contributed by atoms with van der Waals surface area (Å²) in [7, 11) is 0. The van der Waals surface area contributed by atoms with Gasteiger partial charge in [0.25, 0.3) is 0 Å². The molecule has 0 fully saturated rings. The molecule has 0 radical (unpaired) electrons. The Hall–Kier alpha value is -1.83. The molecular formula is C39H67NO. The van der Waals surface area contributed by atoms with Gasteiger partial charge in [-0.25, -0.2) is 4.98 Å². The van der Waals surface area contributed by atoms with Gasteiger partial charge in [-0.15, -0.1) is 0 Å². The van der Waals surface area contributed by atoms with E-state index in [1.54, 1.807) is 11.1 Å². The molecule has 0 aliphatic heterocycles. The van der Waals surface area contributed by atoms with Crippen LogP contribution in [-0.4, -0.2) is 4.98 Å². The molecule has 0 aromatic carbocycles. The van der Waals surface area contributed by atoms with Crippen LogP contribution in [0, 0.1) is 21.7 Å². The second-order valence-electron chi connectivity index (χ2n) is 15.2. The molecular weight excluding hydrogens is 498 g/mol. The van der Waals surface area contributed by atoms with Gasteiger partial charge in [-0.3, -0.25) is 0 Å². The summed E-state index contributed by atoms with van der Waals surface area (Å²) >= 11 is 0. The number of hydrogen-bond acceptors (Lipinski definition) is 2. The van der Waals surface area contributed by atoms with E-state index in [1.165, 1.54) is 56.1 Å². The highest BCUT2D eigenvalue weighted by molar-refractivity contribution is 5.12. The molecule has 0 bridgehead atoms. The third-order valence-corrected chi connectivity index (χ3v) is 10.5. The predicted octanol–water partition coefficient (Wildman–Crippen LogP) is 13.0. The lowest BCUT2D eigenvalue weighted by atomic mass is 9.60. The van der Waals surface area contributed by atoms with Crippen LogP contribution in [0.2, 0.25) is 0 Å². The quantitative estimate of drug-likeness (QED) is 0.156. The first-order valence-electron chi connectivity index (χ1n) is 16.5. The van der Waals surface area contributed by atoms with Gasteiger partial charge < -0.3 is 4.42 Å². The van der Waals surface area contributed by atoms with E-state index in [0.29, 0.717) is 10.8 Å². The van der Waals surface area contributed by atoms with Crippen molar-refractivity contribution >= 4 is 0 Å². The van der Waals surface area contributed by atoms with Gasteiger partial charge in [-0.05, 0) is 108 Å². The Bertz CT molecular complexity index is 1020. The fourth-order valence-corrected chi connectivity index (χ4v) is 6.08. The molecule has 0 saturated carbocycles. The number of oxazole rings is 1. The van der Waals surface area contributed by atoms with Crippen molar-refractivity contribution in [2.24, 2.45) is 21.7 Å². The maximum absolute atomic E-state index is 5.39. The first-order valence-corrected chi connectivity index (χ1v) is 16.5. The first kappa shape index (κ1) is 37.2. The van der Waals surface area contributed by atoms with E-state index in [4.69, 9.17) is 4.42 Å². The van der Waals surface area contributed by atoms with Gasteiger partial charge in [0.15, 0.2) is 6.39 Å². The normalized spacial score (nSPS) is 18.0. The van der Waals surface area contributed by atoms with Gasteiger partial charge in [0.1, 0.15) is 5.76 Å². The van der Waals surface area contributed by atoms with Crippen LogP contribution in [0.3, 0.4) is 0 Å². The number of rotatable bonds is 19. The maximum atomic E-state index is 5.39. The summed E-state index contributed by atoms with van der Waals surface area (Å²) in [5.74, 6) is 0.970. The molecule has 0 aliphatic carbocycles. The topological polar surface area (TPSA) is 26.0 Å². The van der Waals surface area contributed by atoms with Crippen LogP contribution in [0.25, 0.3) is 0 Å². The Balaban J connectivity index is 2.86. The zero-order valence-corrected chi connectivity index (χ0v) is 29.6. The summed E-state index contributed by atoms with van der Waals surface area (Å²) < 4.78 is 5.39. The summed E-state index contributed by atoms with van der Waals surface area (Å²) in [4.78, 5) is 4.03. The van der Waals surface area contributed by atoms with E-state index >= 15 is 0 Å². The second kappa shape index (κ2) is 16.7. The third kappa shape index (κ3) is 12.9. The van der Waals surface area contributed by atoms with Crippen molar-refractivity contribution in [2.45, 2.75) is 161 Å². The zero-order valence-electron chi connectivity index (χ0n) is 29.6. The van der Waals surface area contributed by atoms with Crippen LogP contribution >= 0.6 is 0 Å². The molecule has 0 aliphatic rings. The smallest absolute Gasteiger partial charge is 0.180 e. The average Bonchev–Trinajstić information content (AvgIpc) is 3.43. The molecule has 41 heavy (non-hydrogen) atoms. The minimum absolute atomic E-state index is 0.234. The Labute approximate surface area is 256 Å². The van der Waals surface area contributed by atoms with Gasteiger partial charge in [-0.2, -0.15) is 0 Å². The van der Waals surface area contributed by atoms with Gasteiger partial charge in [0, 0.05) is 6.42 Å². The molecule has 2 heteroatoms. The standard InChI is InChI=1S/C39H67NO/c1-14-37(11,24-20-31(4)5)27-33(7)21-23-36(9,10)39(13,16-3)28-34(8)22-25-38(12,15-2)26-32(6)18-17-19-35-29-40-30-41-35/h18,20-22,29-30H,14-17,19,23-28H2,1-13H3. The molecule has 2 nitrogen and oxygen atoms in total. The highest BCUT2D eigenvalue weighted by Gasteiger charge is 2.39. The molecule has 234 valence electrons. The minimum Gasteiger partial charge on any atom is -0.449 e. The Morgan fingerprint density at radius 3 is 1.68 bits per heavy atom. The molecule has 1 heterocycles. The van der Waals surface area contributed by atoms with Crippen molar-refractivity contribution in [1.82, 2.24) is 4.98 Å². The first-order chi connectivity index (χ1) is 19.0. The van der Waals surface area contributed by atoms with Crippen molar-refractivity contribution in [3.8, 4) is 0 Å². The van der Waals surface area contributed by atoms with E-state index in [2.05, 4.69) is 119 Å². The number of aryl methyl sites for hydroxylation is 1. The van der Waals surface area contributed by atoms with Crippen LogP contribution < -0.4 is 0 Å². The van der Waals surface area contributed by atoms with Gasteiger partial charge in [0.2, 0.25) is 0 Å². The lowest BCUT2D eigenvalue weighted by Crippen LogP contribution is -2.35. The molecule has 1 aromatic heterocycles.